The van der Waals surface area contributed by atoms with Gasteiger partial charge in [-0.15, -0.1) is 6.58 Å². The average molecular weight is 212 g/mol. The molecule has 0 aromatic carbocycles. The Morgan fingerprint density at radius 1 is 1.40 bits per heavy atom. The molecule has 0 amide bonds. The maximum Gasteiger partial charge on any atom is 0.305 e. The fraction of sp³-hybridized carbons (Fsp3) is 0.750. The third kappa shape index (κ3) is 7.14. The summed E-state index contributed by atoms with van der Waals surface area (Å²) in [6.45, 7) is 4.85. The lowest BCUT2D eigenvalue weighted by molar-refractivity contribution is -0.144. The maximum absolute atomic E-state index is 11.2. The van der Waals surface area contributed by atoms with Crippen LogP contribution in [0.25, 0.3) is 0 Å². The maximum atomic E-state index is 11.2. The summed E-state index contributed by atoms with van der Waals surface area (Å²) in [6.07, 6.45) is 8.11. The van der Waals surface area contributed by atoms with E-state index in [0.717, 1.165) is 25.9 Å². The molecule has 0 spiro atoms. The molecular formula is C12H20O3. The van der Waals surface area contributed by atoms with Crippen molar-refractivity contribution in [3.63, 3.8) is 0 Å². The van der Waals surface area contributed by atoms with Crippen LogP contribution in [-0.2, 0) is 14.3 Å². The van der Waals surface area contributed by atoms with E-state index in [4.69, 9.17) is 9.47 Å². The van der Waals surface area contributed by atoms with Gasteiger partial charge in [-0.1, -0.05) is 18.9 Å². The summed E-state index contributed by atoms with van der Waals surface area (Å²) >= 11 is 0. The third-order valence-electron chi connectivity index (χ3n) is 2.37. The van der Waals surface area contributed by atoms with E-state index < -0.39 is 0 Å². The largest absolute Gasteiger partial charge is 0.463 e. The van der Waals surface area contributed by atoms with Gasteiger partial charge in [0, 0.05) is 6.42 Å². The number of carbonyl (C=O) groups is 1. The number of esters is 1. The molecule has 0 radical (unpaired) electrons. The number of hydrogen-bond donors (Lipinski definition) is 0. The van der Waals surface area contributed by atoms with Gasteiger partial charge in [-0.25, -0.2) is 0 Å². The Kier molecular flexibility index (Phi) is 6.09. The van der Waals surface area contributed by atoms with Crippen LogP contribution in [0.5, 0.6) is 0 Å². The highest BCUT2D eigenvalue weighted by Crippen LogP contribution is 2.10. The van der Waals surface area contributed by atoms with Gasteiger partial charge in [-0.2, -0.15) is 0 Å². The first-order valence-corrected chi connectivity index (χ1v) is 5.71. The number of rotatable bonds is 9. The molecule has 1 fully saturated rings. The number of epoxide rings is 1. The molecule has 1 aliphatic rings. The normalized spacial score (nSPS) is 18.5. The molecule has 0 N–H and O–H groups in total. The van der Waals surface area contributed by atoms with E-state index in [1.807, 2.05) is 6.08 Å². The molecule has 86 valence electrons. The van der Waals surface area contributed by atoms with Crippen LogP contribution in [0.4, 0.5) is 0 Å². The van der Waals surface area contributed by atoms with Crippen molar-refractivity contribution in [2.75, 3.05) is 13.2 Å². The van der Waals surface area contributed by atoms with E-state index in [1.54, 1.807) is 0 Å². The van der Waals surface area contributed by atoms with Crippen molar-refractivity contribution in [2.45, 2.75) is 44.6 Å². The van der Waals surface area contributed by atoms with Gasteiger partial charge in [0.2, 0.25) is 0 Å². The second-order valence-corrected chi connectivity index (χ2v) is 3.88. The molecule has 3 heteroatoms. The Hall–Kier alpha value is -0.830. The molecule has 1 rings (SSSR count). The van der Waals surface area contributed by atoms with Crippen molar-refractivity contribution in [3.8, 4) is 0 Å². The zero-order chi connectivity index (χ0) is 10.9. The summed E-state index contributed by atoms with van der Waals surface area (Å²) in [4.78, 5) is 11.2. The van der Waals surface area contributed by atoms with Crippen molar-refractivity contribution < 1.29 is 14.3 Å². The van der Waals surface area contributed by atoms with E-state index in [-0.39, 0.29) is 12.1 Å². The van der Waals surface area contributed by atoms with Crippen molar-refractivity contribution >= 4 is 5.97 Å². The van der Waals surface area contributed by atoms with Gasteiger partial charge in [0.15, 0.2) is 0 Å². The summed E-state index contributed by atoms with van der Waals surface area (Å²) in [7, 11) is 0. The van der Waals surface area contributed by atoms with Crippen LogP contribution in [0.15, 0.2) is 12.7 Å². The Balaban J connectivity index is 1.81. The molecule has 1 aliphatic heterocycles. The van der Waals surface area contributed by atoms with Crippen LogP contribution in [0.2, 0.25) is 0 Å². The number of hydrogen-bond acceptors (Lipinski definition) is 3. The van der Waals surface area contributed by atoms with Crippen LogP contribution >= 0.6 is 0 Å². The van der Waals surface area contributed by atoms with Crippen LogP contribution < -0.4 is 0 Å². The van der Waals surface area contributed by atoms with Crippen molar-refractivity contribution in [3.05, 3.63) is 12.7 Å². The monoisotopic (exact) mass is 212 g/mol. The van der Waals surface area contributed by atoms with Crippen LogP contribution in [0, 0.1) is 0 Å². The number of ether oxygens (including phenoxy) is 2. The topological polar surface area (TPSA) is 38.8 Å². The minimum atomic E-state index is -0.0887. The zero-order valence-electron chi connectivity index (χ0n) is 9.24. The first-order chi connectivity index (χ1) is 7.33. The lowest BCUT2D eigenvalue weighted by atomic mass is 10.1. The molecule has 0 saturated carbocycles. The SMILES string of the molecule is C=CCCCCCCC(=O)OCC1CO1. The second kappa shape index (κ2) is 7.46. The van der Waals surface area contributed by atoms with E-state index in [0.29, 0.717) is 13.0 Å². The predicted octanol–water partition coefficient (Wildman–Crippen LogP) is 2.46. The molecule has 0 aromatic heterocycles. The highest BCUT2D eigenvalue weighted by molar-refractivity contribution is 5.69. The molecule has 1 unspecified atom stereocenters. The smallest absolute Gasteiger partial charge is 0.305 e. The highest BCUT2D eigenvalue weighted by Gasteiger charge is 2.23. The van der Waals surface area contributed by atoms with Gasteiger partial charge in [-0.3, -0.25) is 4.79 Å². The average Bonchev–Trinajstić information content (AvgIpc) is 3.04. The van der Waals surface area contributed by atoms with Gasteiger partial charge < -0.3 is 9.47 Å². The van der Waals surface area contributed by atoms with Crippen molar-refractivity contribution in [2.24, 2.45) is 0 Å². The standard InChI is InChI=1S/C12H20O3/c1-2-3-4-5-6-7-8-12(13)15-10-11-9-14-11/h2,11H,1,3-10H2. The molecule has 1 heterocycles. The fourth-order valence-corrected chi connectivity index (χ4v) is 1.33. The first kappa shape index (κ1) is 12.2. The molecule has 3 nitrogen and oxygen atoms in total. The van der Waals surface area contributed by atoms with Gasteiger partial charge in [0.05, 0.1) is 6.61 Å². The molecule has 0 aromatic rings. The first-order valence-electron chi connectivity index (χ1n) is 5.71. The summed E-state index contributed by atoms with van der Waals surface area (Å²) < 4.78 is 9.96. The summed E-state index contributed by atoms with van der Waals surface area (Å²) in [5.74, 6) is -0.0887. The Morgan fingerprint density at radius 2 is 2.13 bits per heavy atom. The highest BCUT2D eigenvalue weighted by atomic mass is 16.6. The quantitative estimate of drug-likeness (QED) is 0.255. The minimum Gasteiger partial charge on any atom is -0.463 e. The number of unbranched alkanes of at least 4 members (excludes halogenated alkanes) is 4. The summed E-state index contributed by atoms with van der Waals surface area (Å²) in [5, 5.41) is 0. The summed E-state index contributed by atoms with van der Waals surface area (Å²) in [5.41, 5.74) is 0. The van der Waals surface area contributed by atoms with Gasteiger partial charge in [-0.05, 0) is 19.3 Å². The molecule has 15 heavy (non-hydrogen) atoms. The molecule has 1 saturated heterocycles. The van der Waals surface area contributed by atoms with E-state index in [1.165, 1.54) is 12.8 Å². The third-order valence-corrected chi connectivity index (χ3v) is 2.37. The van der Waals surface area contributed by atoms with Gasteiger partial charge in [0.25, 0.3) is 0 Å². The predicted molar refractivity (Wildman–Crippen MR) is 58.6 cm³/mol. The Bertz CT molecular complexity index is 197. The Labute approximate surface area is 91.4 Å². The van der Waals surface area contributed by atoms with Crippen LogP contribution in [-0.4, -0.2) is 25.3 Å². The zero-order valence-corrected chi connectivity index (χ0v) is 9.24. The molecule has 0 bridgehead atoms. The van der Waals surface area contributed by atoms with E-state index in [9.17, 15) is 4.79 Å². The van der Waals surface area contributed by atoms with Crippen LogP contribution in [0.3, 0.4) is 0 Å². The van der Waals surface area contributed by atoms with E-state index in [2.05, 4.69) is 6.58 Å². The van der Waals surface area contributed by atoms with Crippen molar-refractivity contribution in [1.29, 1.82) is 0 Å². The molecule has 1 atom stereocenters. The number of carbonyl (C=O) groups excluding carboxylic acids is 1. The minimum absolute atomic E-state index is 0.0887. The number of allylic oxidation sites excluding steroid dienone is 1. The lowest BCUT2D eigenvalue weighted by Gasteiger charge is -2.02. The van der Waals surface area contributed by atoms with Crippen LogP contribution in [0.1, 0.15) is 38.5 Å². The Morgan fingerprint density at radius 3 is 2.80 bits per heavy atom. The van der Waals surface area contributed by atoms with Gasteiger partial charge >= 0.3 is 5.97 Å². The lowest BCUT2D eigenvalue weighted by Crippen LogP contribution is -2.09. The van der Waals surface area contributed by atoms with E-state index >= 15 is 0 Å². The second-order valence-electron chi connectivity index (χ2n) is 3.88. The van der Waals surface area contributed by atoms with Crippen molar-refractivity contribution in [1.82, 2.24) is 0 Å². The molecule has 0 aliphatic carbocycles. The fourth-order valence-electron chi connectivity index (χ4n) is 1.33. The summed E-state index contributed by atoms with van der Waals surface area (Å²) in [6, 6.07) is 0. The van der Waals surface area contributed by atoms with Gasteiger partial charge in [0.1, 0.15) is 12.7 Å². The molecular weight excluding hydrogens is 192 g/mol.